The summed E-state index contributed by atoms with van der Waals surface area (Å²) in [5.74, 6) is 0.238. The average molecular weight is 338 g/mol. The van der Waals surface area contributed by atoms with Gasteiger partial charge in [-0.1, -0.05) is 30.3 Å². The van der Waals surface area contributed by atoms with Gasteiger partial charge in [-0.2, -0.15) is 0 Å². The number of rotatable bonds is 7. The molecule has 0 spiro atoms. The van der Waals surface area contributed by atoms with Crippen LogP contribution in [0, 0.1) is 0 Å². The molecule has 0 fully saturated rings. The number of esters is 1. The maximum Gasteiger partial charge on any atom is 0.344 e. The Hall–Kier alpha value is -3.48. The van der Waals surface area contributed by atoms with Crippen LogP contribution < -0.4 is 4.74 Å². The lowest BCUT2D eigenvalue weighted by atomic mass is 10.2. The van der Waals surface area contributed by atoms with E-state index in [2.05, 4.69) is 10.2 Å². The van der Waals surface area contributed by atoms with E-state index in [-0.39, 0.29) is 19.1 Å². The van der Waals surface area contributed by atoms with Crippen LogP contribution in [0.5, 0.6) is 5.75 Å². The zero-order valence-electron chi connectivity index (χ0n) is 13.1. The second-order valence-corrected chi connectivity index (χ2v) is 4.97. The van der Waals surface area contributed by atoms with Gasteiger partial charge in [0.15, 0.2) is 19.5 Å². The Morgan fingerprint density at radius 3 is 2.60 bits per heavy atom. The van der Waals surface area contributed by atoms with Gasteiger partial charge >= 0.3 is 5.97 Å². The number of ether oxygens (including phenoxy) is 2. The molecule has 7 nitrogen and oxygen atoms in total. The summed E-state index contributed by atoms with van der Waals surface area (Å²) in [6, 6.07) is 15.9. The third-order valence-electron chi connectivity index (χ3n) is 3.24. The summed E-state index contributed by atoms with van der Waals surface area (Å²) in [4.78, 5) is 22.6. The Morgan fingerprint density at radius 1 is 1.04 bits per heavy atom. The molecule has 0 bridgehead atoms. The quantitative estimate of drug-likeness (QED) is 0.483. The minimum Gasteiger partial charge on any atom is -0.481 e. The topological polar surface area (TPSA) is 91.5 Å². The van der Waals surface area contributed by atoms with Gasteiger partial charge in [0.05, 0.1) is 5.56 Å². The molecule has 25 heavy (non-hydrogen) atoms. The van der Waals surface area contributed by atoms with Crippen molar-refractivity contribution in [1.82, 2.24) is 10.2 Å². The first-order valence-electron chi connectivity index (χ1n) is 7.46. The SMILES string of the molecule is O=Cc1ccccc1OCC(=O)OCc1nnc(-c2ccccc2)o1. The van der Waals surface area contributed by atoms with Crippen molar-refractivity contribution < 1.29 is 23.5 Å². The van der Waals surface area contributed by atoms with Crippen LogP contribution in [-0.4, -0.2) is 29.1 Å². The number of carbonyl (C=O) groups excluding carboxylic acids is 2. The van der Waals surface area contributed by atoms with Gasteiger partial charge < -0.3 is 13.9 Å². The van der Waals surface area contributed by atoms with Crippen LogP contribution in [0.15, 0.2) is 59.0 Å². The molecule has 0 N–H and O–H groups in total. The average Bonchev–Trinajstić information content (AvgIpc) is 3.14. The number of benzene rings is 2. The number of aldehydes is 1. The molecule has 3 rings (SSSR count). The van der Waals surface area contributed by atoms with Crippen LogP contribution in [0.4, 0.5) is 0 Å². The van der Waals surface area contributed by atoms with Crippen molar-refractivity contribution in [2.24, 2.45) is 0 Å². The summed E-state index contributed by atoms with van der Waals surface area (Å²) >= 11 is 0. The van der Waals surface area contributed by atoms with Crippen LogP contribution >= 0.6 is 0 Å². The van der Waals surface area contributed by atoms with E-state index in [9.17, 15) is 9.59 Å². The van der Waals surface area contributed by atoms with Crippen molar-refractivity contribution in [2.75, 3.05) is 6.61 Å². The Labute approximate surface area is 143 Å². The highest BCUT2D eigenvalue weighted by Gasteiger charge is 2.12. The summed E-state index contributed by atoms with van der Waals surface area (Å²) in [6.07, 6.45) is 0.657. The first-order valence-corrected chi connectivity index (χ1v) is 7.46. The number of hydrogen-bond donors (Lipinski definition) is 0. The Kier molecular flexibility index (Phi) is 5.16. The van der Waals surface area contributed by atoms with Crippen molar-refractivity contribution in [2.45, 2.75) is 6.61 Å². The molecule has 0 saturated carbocycles. The molecule has 1 heterocycles. The fourth-order valence-electron chi connectivity index (χ4n) is 2.04. The van der Waals surface area contributed by atoms with Gasteiger partial charge in [0.25, 0.3) is 5.89 Å². The minimum atomic E-state index is -0.611. The number of hydrogen-bond acceptors (Lipinski definition) is 7. The molecule has 7 heteroatoms. The highest BCUT2D eigenvalue weighted by Crippen LogP contribution is 2.17. The van der Waals surface area contributed by atoms with E-state index in [0.717, 1.165) is 5.56 Å². The Bertz CT molecular complexity index is 861. The Morgan fingerprint density at radius 2 is 1.80 bits per heavy atom. The molecular weight excluding hydrogens is 324 g/mol. The molecule has 0 aliphatic rings. The van der Waals surface area contributed by atoms with E-state index >= 15 is 0 Å². The zero-order valence-corrected chi connectivity index (χ0v) is 13.1. The predicted molar refractivity (Wildman–Crippen MR) is 86.9 cm³/mol. The third-order valence-corrected chi connectivity index (χ3v) is 3.24. The van der Waals surface area contributed by atoms with Gasteiger partial charge in [0.1, 0.15) is 5.75 Å². The van der Waals surface area contributed by atoms with E-state index in [4.69, 9.17) is 13.9 Å². The summed E-state index contributed by atoms with van der Waals surface area (Å²) in [5.41, 5.74) is 1.14. The maximum atomic E-state index is 11.7. The van der Waals surface area contributed by atoms with Gasteiger partial charge in [0.2, 0.25) is 5.89 Å². The zero-order chi connectivity index (χ0) is 17.5. The summed E-state index contributed by atoms with van der Waals surface area (Å²) in [7, 11) is 0. The first-order chi connectivity index (χ1) is 12.3. The molecule has 0 amide bonds. The maximum absolute atomic E-state index is 11.7. The molecule has 3 aromatic rings. The molecule has 0 radical (unpaired) electrons. The van der Waals surface area contributed by atoms with Crippen LogP contribution in [-0.2, 0) is 16.1 Å². The largest absolute Gasteiger partial charge is 0.481 e. The van der Waals surface area contributed by atoms with Crippen LogP contribution in [0.25, 0.3) is 11.5 Å². The fourth-order valence-corrected chi connectivity index (χ4v) is 2.04. The van der Waals surface area contributed by atoms with E-state index in [1.54, 1.807) is 24.3 Å². The minimum absolute atomic E-state index is 0.155. The molecule has 0 unspecified atom stereocenters. The van der Waals surface area contributed by atoms with E-state index in [1.165, 1.54) is 0 Å². The van der Waals surface area contributed by atoms with Crippen molar-refractivity contribution in [3.63, 3.8) is 0 Å². The fraction of sp³-hybridized carbons (Fsp3) is 0.111. The number of aromatic nitrogens is 2. The molecule has 1 aromatic heterocycles. The second kappa shape index (κ2) is 7.87. The monoisotopic (exact) mass is 338 g/mol. The van der Waals surface area contributed by atoms with Crippen molar-refractivity contribution in [3.8, 4) is 17.2 Å². The smallest absolute Gasteiger partial charge is 0.344 e. The highest BCUT2D eigenvalue weighted by atomic mass is 16.6. The molecule has 2 aromatic carbocycles. The molecule has 0 aliphatic heterocycles. The predicted octanol–water partition coefficient (Wildman–Crippen LogP) is 2.67. The lowest BCUT2D eigenvalue weighted by Gasteiger charge is -2.07. The molecular formula is C18H14N2O5. The van der Waals surface area contributed by atoms with Gasteiger partial charge in [-0.25, -0.2) is 4.79 Å². The molecule has 0 saturated heterocycles. The summed E-state index contributed by atoms with van der Waals surface area (Å²) in [6.45, 7) is -0.484. The Balaban J connectivity index is 1.51. The molecule has 0 aliphatic carbocycles. The van der Waals surface area contributed by atoms with Crippen molar-refractivity contribution >= 4 is 12.3 Å². The van der Waals surface area contributed by atoms with Crippen LogP contribution in [0.3, 0.4) is 0 Å². The third kappa shape index (κ3) is 4.29. The van der Waals surface area contributed by atoms with Crippen LogP contribution in [0.1, 0.15) is 16.2 Å². The number of para-hydroxylation sites is 1. The van der Waals surface area contributed by atoms with Gasteiger partial charge in [-0.3, -0.25) is 4.79 Å². The first kappa shape index (κ1) is 16.4. The summed E-state index contributed by atoms with van der Waals surface area (Å²) < 4.78 is 15.7. The highest BCUT2D eigenvalue weighted by molar-refractivity contribution is 5.79. The number of nitrogens with zero attached hydrogens (tertiary/aromatic N) is 2. The van der Waals surface area contributed by atoms with Crippen molar-refractivity contribution in [1.29, 1.82) is 0 Å². The van der Waals surface area contributed by atoms with Gasteiger partial charge in [0, 0.05) is 5.56 Å². The molecule has 126 valence electrons. The van der Waals surface area contributed by atoms with E-state index < -0.39 is 5.97 Å². The standard InChI is InChI=1S/C18H14N2O5/c21-10-14-8-4-5-9-15(14)23-12-17(22)24-11-16-19-20-18(25-16)13-6-2-1-3-7-13/h1-10H,11-12H2. The second-order valence-electron chi connectivity index (χ2n) is 4.97. The lowest BCUT2D eigenvalue weighted by molar-refractivity contribution is -0.148. The van der Waals surface area contributed by atoms with Gasteiger partial charge in [-0.15, -0.1) is 10.2 Å². The number of carbonyl (C=O) groups is 2. The van der Waals surface area contributed by atoms with E-state index in [0.29, 0.717) is 23.5 Å². The van der Waals surface area contributed by atoms with Crippen LogP contribution in [0.2, 0.25) is 0 Å². The van der Waals surface area contributed by atoms with Crippen molar-refractivity contribution in [3.05, 3.63) is 66.1 Å². The van der Waals surface area contributed by atoms with Gasteiger partial charge in [-0.05, 0) is 24.3 Å². The molecule has 0 atom stereocenters. The lowest BCUT2D eigenvalue weighted by Crippen LogP contribution is -2.15. The normalized spacial score (nSPS) is 10.2. The summed E-state index contributed by atoms with van der Waals surface area (Å²) in [5, 5.41) is 7.73. The van der Waals surface area contributed by atoms with E-state index in [1.807, 2.05) is 30.3 Å².